The fourth-order valence-electron chi connectivity index (χ4n) is 3.52. The molecule has 3 heteroatoms. The van der Waals surface area contributed by atoms with E-state index >= 15 is 0 Å². The summed E-state index contributed by atoms with van der Waals surface area (Å²) in [5, 5.41) is 0.525. The first-order chi connectivity index (χ1) is 9.76. The molecule has 2 rings (SSSR count). The van der Waals surface area contributed by atoms with Crippen LogP contribution in [0.15, 0.2) is 18.2 Å². The van der Waals surface area contributed by atoms with Gasteiger partial charge in [0.05, 0.1) is 0 Å². The Bertz CT molecular complexity index is 482. The maximum Gasteiger partial charge on any atom is 0.124 e. The second-order valence-electron chi connectivity index (χ2n) is 7.69. The van der Waals surface area contributed by atoms with Crippen molar-refractivity contribution in [2.24, 2.45) is 16.7 Å². The van der Waals surface area contributed by atoms with E-state index in [1.54, 1.807) is 0 Å². The molecule has 0 saturated heterocycles. The van der Waals surface area contributed by atoms with Crippen LogP contribution in [0, 0.1) is 22.6 Å². The van der Waals surface area contributed by atoms with Crippen LogP contribution < -0.4 is 0 Å². The van der Waals surface area contributed by atoms with E-state index in [-0.39, 0.29) is 11.2 Å². The molecule has 1 aliphatic carbocycles. The summed E-state index contributed by atoms with van der Waals surface area (Å²) in [6.45, 7) is 6.96. The summed E-state index contributed by atoms with van der Waals surface area (Å²) in [5.74, 6) is 1.13. The van der Waals surface area contributed by atoms with E-state index in [4.69, 9.17) is 23.2 Å². The predicted molar refractivity (Wildman–Crippen MR) is 89.7 cm³/mol. The monoisotopic (exact) mass is 330 g/mol. The average Bonchev–Trinajstić information content (AvgIpc) is 2.41. The van der Waals surface area contributed by atoms with Gasteiger partial charge in [-0.05, 0) is 66.5 Å². The number of hydrogen-bond acceptors (Lipinski definition) is 0. The number of alkyl halides is 1. The Kier molecular flexibility index (Phi) is 5.26. The topological polar surface area (TPSA) is 0 Å². The lowest BCUT2D eigenvalue weighted by atomic mass is 9.63. The minimum absolute atomic E-state index is 0.116. The van der Waals surface area contributed by atoms with Gasteiger partial charge >= 0.3 is 0 Å². The molecule has 0 N–H and O–H groups in total. The van der Waals surface area contributed by atoms with Crippen molar-refractivity contribution in [1.82, 2.24) is 0 Å². The minimum Gasteiger partial charge on any atom is -0.207 e. The van der Waals surface area contributed by atoms with E-state index in [2.05, 4.69) is 20.8 Å². The maximum atomic E-state index is 13.2. The van der Waals surface area contributed by atoms with E-state index < -0.39 is 0 Å². The number of benzene rings is 1. The summed E-state index contributed by atoms with van der Waals surface area (Å²) in [6, 6.07) is 4.70. The van der Waals surface area contributed by atoms with Crippen LogP contribution in [0.1, 0.15) is 52.0 Å². The summed E-state index contributed by atoms with van der Waals surface area (Å²) in [7, 11) is 0. The quantitative estimate of drug-likeness (QED) is 0.556. The van der Waals surface area contributed by atoms with Gasteiger partial charge in [-0.3, -0.25) is 0 Å². The van der Waals surface area contributed by atoms with Gasteiger partial charge in [0.2, 0.25) is 0 Å². The predicted octanol–water partition coefficient (Wildman–Crippen LogP) is 6.48. The summed E-state index contributed by atoms with van der Waals surface area (Å²) < 4.78 is 13.2. The first kappa shape index (κ1) is 17.1. The third-order valence-electron chi connectivity index (χ3n) is 5.14. The van der Waals surface area contributed by atoms with Gasteiger partial charge in [-0.15, -0.1) is 11.6 Å². The van der Waals surface area contributed by atoms with Gasteiger partial charge in [0, 0.05) is 10.9 Å². The van der Waals surface area contributed by atoms with Gasteiger partial charge in [-0.2, -0.15) is 0 Å². The molecule has 0 bridgehead atoms. The molecular formula is C18H25Cl2F. The normalized spacial score (nSPS) is 26.9. The molecule has 1 aromatic carbocycles. The molecule has 0 amide bonds. The van der Waals surface area contributed by atoms with Crippen molar-refractivity contribution < 1.29 is 4.39 Å². The highest BCUT2D eigenvalue weighted by atomic mass is 35.5. The molecule has 0 atom stereocenters. The van der Waals surface area contributed by atoms with Crippen LogP contribution in [0.25, 0.3) is 0 Å². The Morgan fingerprint density at radius 3 is 2.33 bits per heavy atom. The van der Waals surface area contributed by atoms with Crippen molar-refractivity contribution in [3.8, 4) is 0 Å². The fraction of sp³-hybridized carbons (Fsp3) is 0.667. The Hall–Kier alpha value is -0.270. The molecular weight excluding hydrogens is 306 g/mol. The summed E-state index contributed by atoms with van der Waals surface area (Å²) in [5.41, 5.74) is 1.50. The highest BCUT2D eigenvalue weighted by Gasteiger charge is 2.38. The van der Waals surface area contributed by atoms with E-state index in [0.29, 0.717) is 16.3 Å². The molecule has 0 unspecified atom stereocenters. The second-order valence-corrected chi connectivity index (χ2v) is 8.36. The van der Waals surface area contributed by atoms with Crippen molar-refractivity contribution >= 4 is 23.2 Å². The van der Waals surface area contributed by atoms with Crippen LogP contribution in [-0.4, -0.2) is 5.88 Å². The lowest BCUT2D eigenvalue weighted by Crippen LogP contribution is -2.35. The molecule has 1 aliphatic rings. The molecule has 0 radical (unpaired) electrons. The Balaban J connectivity index is 2.10. The van der Waals surface area contributed by atoms with Gasteiger partial charge in [0.15, 0.2) is 0 Å². The molecule has 118 valence electrons. The second kappa shape index (κ2) is 6.46. The Morgan fingerprint density at radius 1 is 1.24 bits per heavy atom. The first-order valence-corrected chi connectivity index (χ1v) is 8.67. The van der Waals surface area contributed by atoms with E-state index in [1.807, 2.05) is 6.07 Å². The van der Waals surface area contributed by atoms with Gasteiger partial charge in [0.1, 0.15) is 5.82 Å². The highest BCUT2D eigenvalue weighted by molar-refractivity contribution is 6.31. The van der Waals surface area contributed by atoms with Crippen LogP contribution in [0.5, 0.6) is 0 Å². The molecule has 0 aromatic heterocycles. The molecule has 1 aromatic rings. The molecule has 1 fully saturated rings. The first-order valence-electron chi connectivity index (χ1n) is 7.76. The number of hydrogen-bond donors (Lipinski definition) is 0. The largest absolute Gasteiger partial charge is 0.207 e. The van der Waals surface area contributed by atoms with Crippen LogP contribution in [0.3, 0.4) is 0 Å². The minimum atomic E-state index is -0.278. The van der Waals surface area contributed by atoms with Gasteiger partial charge in [0.25, 0.3) is 0 Å². The molecule has 0 spiro atoms. The fourth-order valence-corrected chi connectivity index (χ4v) is 4.12. The smallest absolute Gasteiger partial charge is 0.124 e. The summed E-state index contributed by atoms with van der Waals surface area (Å²) >= 11 is 12.5. The Morgan fingerprint density at radius 2 is 1.86 bits per heavy atom. The van der Waals surface area contributed by atoms with Crippen LogP contribution in [0.4, 0.5) is 4.39 Å². The maximum absolute atomic E-state index is 13.2. The third kappa shape index (κ3) is 4.13. The molecule has 0 heterocycles. The van der Waals surface area contributed by atoms with E-state index in [0.717, 1.165) is 30.7 Å². The van der Waals surface area contributed by atoms with Crippen molar-refractivity contribution in [1.29, 1.82) is 0 Å². The van der Waals surface area contributed by atoms with Crippen molar-refractivity contribution in [2.75, 3.05) is 5.88 Å². The zero-order valence-corrected chi connectivity index (χ0v) is 14.7. The lowest BCUT2D eigenvalue weighted by molar-refractivity contribution is 0.102. The standard InChI is InChI=1S/C18H25Cl2F/c1-17(2,3)14-6-8-18(12-19,9-7-14)11-13-4-5-15(21)10-16(13)20/h4-5,10,14H,6-9,11-12H2,1-3H3. The van der Waals surface area contributed by atoms with Crippen molar-refractivity contribution in [3.63, 3.8) is 0 Å². The molecule has 1 saturated carbocycles. The summed E-state index contributed by atoms with van der Waals surface area (Å²) in [6.07, 6.45) is 5.55. The summed E-state index contributed by atoms with van der Waals surface area (Å²) in [4.78, 5) is 0. The third-order valence-corrected chi connectivity index (χ3v) is 6.05. The van der Waals surface area contributed by atoms with Gasteiger partial charge in [-0.1, -0.05) is 38.4 Å². The van der Waals surface area contributed by atoms with Crippen LogP contribution >= 0.6 is 23.2 Å². The Labute approximate surface area is 138 Å². The average molecular weight is 331 g/mol. The van der Waals surface area contributed by atoms with E-state index in [9.17, 15) is 4.39 Å². The SMILES string of the molecule is CC(C)(C)C1CCC(CCl)(Cc2ccc(F)cc2Cl)CC1. The zero-order valence-electron chi connectivity index (χ0n) is 13.2. The van der Waals surface area contributed by atoms with Crippen molar-refractivity contribution in [2.45, 2.75) is 52.9 Å². The highest BCUT2D eigenvalue weighted by Crippen LogP contribution is 2.47. The number of halogens is 3. The molecule has 21 heavy (non-hydrogen) atoms. The van der Waals surface area contributed by atoms with Crippen LogP contribution in [-0.2, 0) is 6.42 Å². The molecule has 0 aliphatic heterocycles. The van der Waals surface area contributed by atoms with Gasteiger partial charge < -0.3 is 0 Å². The number of rotatable bonds is 3. The molecule has 0 nitrogen and oxygen atoms in total. The lowest BCUT2D eigenvalue weighted by Gasteiger charge is -2.43. The van der Waals surface area contributed by atoms with E-state index in [1.165, 1.54) is 25.0 Å². The zero-order chi connectivity index (χ0) is 15.7. The van der Waals surface area contributed by atoms with Gasteiger partial charge in [-0.25, -0.2) is 4.39 Å². The van der Waals surface area contributed by atoms with Crippen molar-refractivity contribution in [3.05, 3.63) is 34.6 Å². The van der Waals surface area contributed by atoms with Crippen LogP contribution in [0.2, 0.25) is 5.02 Å².